The fraction of sp³-hybridized carbons (Fsp3) is 0.227. The summed E-state index contributed by atoms with van der Waals surface area (Å²) < 4.78 is 12.7. The van der Waals surface area contributed by atoms with Gasteiger partial charge in [-0.3, -0.25) is 14.9 Å². The molecule has 1 heterocycles. The Morgan fingerprint density at radius 2 is 1.77 bits per heavy atom. The monoisotopic (exact) mass is 550 g/mol. The molecule has 4 amide bonds. The first-order chi connectivity index (χ1) is 14.7. The normalized spacial score (nSPS) is 16.4. The summed E-state index contributed by atoms with van der Waals surface area (Å²) in [6, 6.07) is 9.20. The Hall–Kier alpha value is -2.65. The molecule has 1 N–H and O–H groups in total. The van der Waals surface area contributed by atoms with E-state index in [0.717, 1.165) is 15.8 Å². The zero-order chi connectivity index (χ0) is 22.7. The van der Waals surface area contributed by atoms with E-state index >= 15 is 0 Å². The van der Waals surface area contributed by atoms with Crippen LogP contribution in [0.2, 0.25) is 0 Å². The molecule has 31 heavy (non-hydrogen) atoms. The number of carbonyl (C=O) groups excluding carboxylic acids is 3. The van der Waals surface area contributed by atoms with Crippen molar-refractivity contribution in [2.24, 2.45) is 0 Å². The summed E-state index contributed by atoms with van der Waals surface area (Å²) in [5.74, 6) is -0.493. The number of benzene rings is 2. The number of methoxy groups -OCH3 is 1. The number of carbonyl (C=O) groups is 3. The molecule has 1 atom stereocenters. The van der Waals surface area contributed by atoms with Gasteiger partial charge < -0.3 is 9.47 Å². The molecule has 0 saturated carbocycles. The molecule has 1 fully saturated rings. The van der Waals surface area contributed by atoms with Crippen LogP contribution < -0.4 is 19.7 Å². The SMILES string of the molecule is CC[C@H](C)Oc1cc(Br)c(/C=C2\C(=O)NC(=O)N(c3ccc(Br)cc3)C2=O)cc1OC. The van der Waals surface area contributed by atoms with Crippen molar-refractivity contribution in [2.45, 2.75) is 26.4 Å². The first-order valence-corrected chi connectivity index (χ1v) is 11.0. The molecule has 162 valence electrons. The number of amides is 4. The van der Waals surface area contributed by atoms with E-state index in [1.807, 2.05) is 13.8 Å². The van der Waals surface area contributed by atoms with Crippen LogP contribution in [0.1, 0.15) is 25.8 Å². The number of hydrogen-bond acceptors (Lipinski definition) is 5. The zero-order valence-corrected chi connectivity index (χ0v) is 20.2. The van der Waals surface area contributed by atoms with Crippen molar-refractivity contribution in [3.63, 3.8) is 0 Å². The van der Waals surface area contributed by atoms with Gasteiger partial charge in [-0.25, -0.2) is 9.69 Å². The van der Waals surface area contributed by atoms with Gasteiger partial charge in [-0.15, -0.1) is 0 Å². The smallest absolute Gasteiger partial charge is 0.335 e. The van der Waals surface area contributed by atoms with Gasteiger partial charge >= 0.3 is 6.03 Å². The highest BCUT2D eigenvalue weighted by atomic mass is 79.9. The van der Waals surface area contributed by atoms with Gasteiger partial charge in [0.25, 0.3) is 11.8 Å². The van der Waals surface area contributed by atoms with Crippen molar-refractivity contribution < 1.29 is 23.9 Å². The molecule has 0 unspecified atom stereocenters. The number of urea groups is 1. The summed E-state index contributed by atoms with van der Waals surface area (Å²) in [6.07, 6.45) is 2.22. The molecular formula is C22H20Br2N2O5. The molecule has 7 nitrogen and oxygen atoms in total. The molecule has 0 spiro atoms. The molecular weight excluding hydrogens is 532 g/mol. The van der Waals surface area contributed by atoms with Gasteiger partial charge in [0.2, 0.25) is 0 Å². The topological polar surface area (TPSA) is 84.9 Å². The summed E-state index contributed by atoms with van der Waals surface area (Å²) >= 11 is 6.78. The van der Waals surface area contributed by atoms with Crippen LogP contribution in [0.5, 0.6) is 11.5 Å². The van der Waals surface area contributed by atoms with E-state index in [-0.39, 0.29) is 11.7 Å². The minimum absolute atomic E-state index is 0.0128. The lowest BCUT2D eigenvalue weighted by molar-refractivity contribution is -0.122. The first kappa shape index (κ1) is 23.0. The molecule has 1 aliphatic rings. The van der Waals surface area contributed by atoms with E-state index in [4.69, 9.17) is 9.47 Å². The number of rotatable bonds is 6. The van der Waals surface area contributed by atoms with Crippen molar-refractivity contribution in [2.75, 3.05) is 12.0 Å². The number of imide groups is 2. The average molecular weight is 552 g/mol. The number of hydrogen-bond donors (Lipinski definition) is 1. The van der Waals surface area contributed by atoms with Gasteiger partial charge in [0.1, 0.15) is 5.57 Å². The highest BCUT2D eigenvalue weighted by molar-refractivity contribution is 9.10. The Morgan fingerprint density at radius 3 is 2.39 bits per heavy atom. The number of nitrogens with one attached hydrogen (secondary N) is 1. The highest BCUT2D eigenvalue weighted by Gasteiger charge is 2.37. The molecule has 2 aromatic carbocycles. The van der Waals surface area contributed by atoms with Crippen LogP contribution in [-0.4, -0.2) is 31.1 Å². The summed E-state index contributed by atoms with van der Waals surface area (Å²) in [5.41, 5.74) is 0.691. The van der Waals surface area contributed by atoms with Crippen LogP contribution in [0.25, 0.3) is 6.08 Å². The van der Waals surface area contributed by atoms with Crippen molar-refractivity contribution >= 4 is 61.5 Å². The lowest BCUT2D eigenvalue weighted by Gasteiger charge is -2.26. The van der Waals surface area contributed by atoms with Gasteiger partial charge in [0, 0.05) is 8.95 Å². The van der Waals surface area contributed by atoms with E-state index in [9.17, 15) is 14.4 Å². The molecule has 0 bridgehead atoms. The number of halogens is 2. The van der Waals surface area contributed by atoms with E-state index in [1.54, 1.807) is 36.4 Å². The molecule has 0 aromatic heterocycles. The maximum absolute atomic E-state index is 13.0. The predicted octanol–water partition coefficient (Wildman–Crippen LogP) is 5.06. The van der Waals surface area contributed by atoms with Crippen molar-refractivity contribution in [1.82, 2.24) is 5.32 Å². The average Bonchev–Trinajstić information content (AvgIpc) is 2.73. The maximum Gasteiger partial charge on any atom is 0.335 e. The third-order valence-corrected chi connectivity index (χ3v) is 5.89. The second-order valence-corrected chi connectivity index (χ2v) is 8.57. The second kappa shape index (κ2) is 9.65. The number of ether oxygens (including phenoxy) is 2. The molecule has 2 aromatic rings. The summed E-state index contributed by atoms with van der Waals surface area (Å²) in [4.78, 5) is 38.7. The Labute approximate surface area is 196 Å². The van der Waals surface area contributed by atoms with E-state index in [2.05, 4.69) is 37.2 Å². The molecule has 9 heteroatoms. The van der Waals surface area contributed by atoms with E-state index in [0.29, 0.717) is 27.2 Å². The lowest BCUT2D eigenvalue weighted by atomic mass is 10.1. The van der Waals surface area contributed by atoms with Gasteiger partial charge in [-0.1, -0.05) is 38.8 Å². The Balaban J connectivity index is 2.01. The standard InChI is InChI=1S/C22H20Br2N2O5/c1-4-12(2)31-19-11-17(24)13(10-18(19)30-3)9-16-20(27)25-22(29)26(21(16)28)15-7-5-14(23)6-8-15/h5-12H,4H2,1-3H3,(H,25,27,29)/b16-9+/t12-/m0/s1. The van der Waals surface area contributed by atoms with E-state index < -0.39 is 17.8 Å². The summed E-state index contributed by atoms with van der Waals surface area (Å²) in [6.45, 7) is 3.96. The van der Waals surface area contributed by atoms with Gasteiger partial charge in [-0.05, 0) is 61.4 Å². The Bertz CT molecular complexity index is 1070. The van der Waals surface area contributed by atoms with Crippen LogP contribution in [0, 0.1) is 0 Å². The number of nitrogens with zero attached hydrogens (tertiary/aromatic N) is 1. The molecule has 1 aliphatic heterocycles. The molecule has 3 rings (SSSR count). The van der Waals surface area contributed by atoms with Crippen LogP contribution in [0.3, 0.4) is 0 Å². The summed E-state index contributed by atoms with van der Waals surface area (Å²) in [7, 11) is 1.51. The van der Waals surface area contributed by atoms with Crippen LogP contribution in [0.4, 0.5) is 10.5 Å². The predicted molar refractivity (Wildman–Crippen MR) is 124 cm³/mol. The zero-order valence-electron chi connectivity index (χ0n) is 17.1. The Kier molecular flexibility index (Phi) is 7.17. The van der Waals surface area contributed by atoms with Gasteiger partial charge in [0.15, 0.2) is 11.5 Å². The third kappa shape index (κ3) is 4.99. The minimum atomic E-state index is -0.802. The maximum atomic E-state index is 13.0. The van der Waals surface area contributed by atoms with E-state index in [1.165, 1.54) is 13.2 Å². The lowest BCUT2D eigenvalue weighted by Crippen LogP contribution is -2.54. The summed E-state index contributed by atoms with van der Waals surface area (Å²) in [5, 5.41) is 2.21. The molecule has 0 aliphatic carbocycles. The van der Waals surface area contributed by atoms with Crippen molar-refractivity contribution in [3.8, 4) is 11.5 Å². The highest BCUT2D eigenvalue weighted by Crippen LogP contribution is 2.36. The molecule has 0 radical (unpaired) electrons. The van der Waals surface area contributed by atoms with Crippen molar-refractivity contribution in [1.29, 1.82) is 0 Å². The fourth-order valence-electron chi connectivity index (χ4n) is 2.85. The van der Waals surface area contributed by atoms with Crippen LogP contribution >= 0.6 is 31.9 Å². The number of barbiturate groups is 1. The van der Waals surface area contributed by atoms with Gasteiger partial charge in [-0.2, -0.15) is 0 Å². The largest absolute Gasteiger partial charge is 0.493 e. The molecule has 1 saturated heterocycles. The van der Waals surface area contributed by atoms with Crippen LogP contribution in [0.15, 0.2) is 50.9 Å². The number of anilines is 1. The second-order valence-electron chi connectivity index (χ2n) is 6.80. The third-order valence-electron chi connectivity index (χ3n) is 4.67. The van der Waals surface area contributed by atoms with Crippen molar-refractivity contribution in [3.05, 3.63) is 56.5 Å². The first-order valence-electron chi connectivity index (χ1n) is 9.46. The van der Waals surface area contributed by atoms with Crippen LogP contribution in [-0.2, 0) is 9.59 Å². The fourth-order valence-corrected chi connectivity index (χ4v) is 3.55. The quantitative estimate of drug-likeness (QED) is 0.400. The minimum Gasteiger partial charge on any atom is -0.493 e. The van der Waals surface area contributed by atoms with Gasteiger partial charge in [0.05, 0.1) is 18.9 Å². The Morgan fingerprint density at radius 1 is 1.10 bits per heavy atom.